The summed E-state index contributed by atoms with van der Waals surface area (Å²) in [5, 5.41) is 0. The second kappa shape index (κ2) is 68.6. The Hall–Kier alpha value is -3.93. The molecule has 0 rings (SSSR count). The molecule has 0 N–H and O–H groups in total. The molecule has 0 saturated carbocycles. The van der Waals surface area contributed by atoms with Gasteiger partial charge in [0.05, 0.1) is 0 Å². The fraction of sp³-hybridized carbons (Fsp3) is 0.720. The van der Waals surface area contributed by atoms with Gasteiger partial charge in [-0.3, -0.25) is 14.4 Å². The van der Waals surface area contributed by atoms with Crippen molar-refractivity contribution in [1.82, 2.24) is 0 Å². The van der Waals surface area contributed by atoms with Crippen molar-refractivity contribution in [2.75, 3.05) is 13.2 Å². The van der Waals surface area contributed by atoms with E-state index in [1.54, 1.807) is 0 Å². The van der Waals surface area contributed by atoms with Gasteiger partial charge in [-0.05, 0) is 122 Å². The molecule has 0 aromatic rings. The van der Waals surface area contributed by atoms with Crippen LogP contribution in [0.4, 0.5) is 0 Å². The number of ether oxygens (including phenoxy) is 3. The molecule has 0 aromatic heterocycles. The van der Waals surface area contributed by atoms with Gasteiger partial charge in [-0.1, -0.05) is 297 Å². The van der Waals surface area contributed by atoms with Crippen LogP contribution in [-0.4, -0.2) is 37.2 Å². The molecule has 0 aliphatic carbocycles. The van der Waals surface area contributed by atoms with Crippen molar-refractivity contribution in [2.24, 2.45) is 0 Å². The van der Waals surface area contributed by atoms with Crippen LogP contribution in [0.5, 0.6) is 0 Å². The molecule has 0 radical (unpaired) electrons. The molecule has 0 aliphatic rings. The molecule has 464 valence electrons. The van der Waals surface area contributed by atoms with Crippen molar-refractivity contribution in [1.29, 1.82) is 0 Å². The van der Waals surface area contributed by atoms with Crippen molar-refractivity contribution in [3.63, 3.8) is 0 Å². The van der Waals surface area contributed by atoms with Crippen LogP contribution >= 0.6 is 0 Å². The van der Waals surface area contributed by atoms with E-state index >= 15 is 0 Å². The zero-order chi connectivity index (χ0) is 58.5. The van der Waals surface area contributed by atoms with Crippen LogP contribution < -0.4 is 0 Å². The lowest BCUT2D eigenvalue weighted by atomic mass is 10.0. The molecule has 0 aliphatic heterocycles. The Morgan fingerprint density at radius 1 is 0.259 bits per heavy atom. The van der Waals surface area contributed by atoms with Crippen LogP contribution in [0.1, 0.15) is 329 Å². The van der Waals surface area contributed by atoms with Crippen molar-refractivity contribution in [2.45, 2.75) is 335 Å². The lowest BCUT2D eigenvalue weighted by Crippen LogP contribution is -2.30. The van der Waals surface area contributed by atoms with Crippen molar-refractivity contribution >= 4 is 17.9 Å². The highest BCUT2D eigenvalue weighted by atomic mass is 16.6. The third-order valence-electron chi connectivity index (χ3n) is 14.7. The average Bonchev–Trinajstić information content (AvgIpc) is 3.46. The van der Waals surface area contributed by atoms with Gasteiger partial charge >= 0.3 is 17.9 Å². The molecule has 0 saturated heterocycles. The number of allylic oxidation sites excluding steroid dienone is 18. The van der Waals surface area contributed by atoms with E-state index in [4.69, 9.17) is 14.2 Å². The summed E-state index contributed by atoms with van der Waals surface area (Å²) in [7, 11) is 0. The quantitative estimate of drug-likeness (QED) is 0.0261. The first kappa shape index (κ1) is 77.1. The van der Waals surface area contributed by atoms with E-state index in [0.717, 1.165) is 116 Å². The molecule has 0 spiro atoms. The maximum absolute atomic E-state index is 12.9. The number of hydrogen-bond acceptors (Lipinski definition) is 6. The fourth-order valence-corrected chi connectivity index (χ4v) is 9.66. The fourth-order valence-electron chi connectivity index (χ4n) is 9.66. The number of hydrogen-bond donors (Lipinski definition) is 0. The first-order valence-electron chi connectivity index (χ1n) is 34.4. The minimum atomic E-state index is -0.794. The topological polar surface area (TPSA) is 78.9 Å². The van der Waals surface area contributed by atoms with Crippen LogP contribution in [-0.2, 0) is 28.6 Å². The SMILES string of the molecule is CC/C=C\C/C=C\C/C=C\C/C=C\C/C=C\CCCCCCCCCCCCCC(=O)OCC(COC(=O)CCCCC/C=C\C/C=C\C/C=C\CC)OC(=O)CCCCCCCCCCCCC/C=C\CCCCCCCCCC. The number of unbranched alkanes of at least 4 members (excludes halogenated alkanes) is 33. The maximum atomic E-state index is 12.9. The standard InChI is InChI=1S/C75H128O6/c1-4-7-10-13-16-19-22-25-27-29-31-33-35-36-37-38-40-41-43-45-47-50-53-56-59-62-65-68-74(77)80-71-72(70-79-73(76)67-64-61-58-55-52-49-24-21-18-15-12-9-6-3)81-75(78)69-66-63-60-57-54-51-48-46-44-42-39-34-32-30-28-26-23-20-17-14-11-8-5-2/h7,9-10,12,16,18-19,21,25,27,30-33,36-37,49,52,72H,4-6,8,11,13-15,17,20,22-24,26,28-29,34-35,38-48,50-51,53-71H2,1-3H3/b10-7-,12-9-,19-16-,21-18-,27-25-,32-30-,33-31-,37-36-,52-49-. The lowest BCUT2D eigenvalue weighted by Gasteiger charge is -2.18. The predicted octanol–water partition coefficient (Wildman–Crippen LogP) is 23.8. The molecule has 6 heteroatoms. The Labute approximate surface area is 501 Å². The van der Waals surface area contributed by atoms with Gasteiger partial charge < -0.3 is 14.2 Å². The molecule has 0 bridgehead atoms. The van der Waals surface area contributed by atoms with E-state index in [2.05, 4.69) is 130 Å². The van der Waals surface area contributed by atoms with Gasteiger partial charge in [0.2, 0.25) is 0 Å². The summed E-state index contributed by atoms with van der Waals surface area (Å²) in [6, 6.07) is 0. The molecule has 6 nitrogen and oxygen atoms in total. The summed E-state index contributed by atoms with van der Waals surface area (Å²) in [4.78, 5) is 38.4. The van der Waals surface area contributed by atoms with Crippen LogP contribution in [0.3, 0.4) is 0 Å². The smallest absolute Gasteiger partial charge is 0.306 e. The monoisotopic (exact) mass is 1120 g/mol. The van der Waals surface area contributed by atoms with E-state index in [0.29, 0.717) is 19.3 Å². The zero-order valence-corrected chi connectivity index (χ0v) is 53.3. The van der Waals surface area contributed by atoms with Gasteiger partial charge in [0.15, 0.2) is 6.10 Å². The van der Waals surface area contributed by atoms with E-state index in [9.17, 15) is 14.4 Å². The maximum Gasteiger partial charge on any atom is 0.306 e. The molecule has 1 unspecified atom stereocenters. The van der Waals surface area contributed by atoms with Gasteiger partial charge in [0, 0.05) is 19.3 Å². The highest BCUT2D eigenvalue weighted by molar-refractivity contribution is 5.71. The summed E-state index contributed by atoms with van der Waals surface area (Å²) < 4.78 is 16.9. The highest BCUT2D eigenvalue weighted by Crippen LogP contribution is 2.17. The van der Waals surface area contributed by atoms with Crippen LogP contribution in [0.25, 0.3) is 0 Å². The van der Waals surface area contributed by atoms with Crippen LogP contribution in [0, 0.1) is 0 Å². The molecular weight excluding hydrogens is 997 g/mol. The number of rotatable bonds is 62. The van der Waals surface area contributed by atoms with Gasteiger partial charge in [0.1, 0.15) is 13.2 Å². The molecule has 0 amide bonds. The summed E-state index contributed by atoms with van der Waals surface area (Å²) in [6.07, 6.45) is 94.0. The van der Waals surface area contributed by atoms with Gasteiger partial charge in [-0.25, -0.2) is 0 Å². The highest BCUT2D eigenvalue weighted by Gasteiger charge is 2.19. The second-order valence-electron chi connectivity index (χ2n) is 22.7. The van der Waals surface area contributed by atoms with E-state index in [1.165, 1.54) is 173 Å². The molecule has 81 heavy (non-hydrogen) atoms. The average molecular weight is 1130 g/mol. The van der Waals surface area contributed by atoms with Gasteiger partial charge in [0.25, 0.3) is 0 Å². The molecule has 0 aromatic carbocycles. The molecular formula is C75H128O6. The Bertz CT molecular complexity index is 1620. The number of carbonyl (C=O) groups excluding carboxylic acids is 3. The van der Waals surface area contributed by atoms with Gasteiger partial charge in [-0.2, -0.15) is 0 Å². The first-order valence-corrected chi connectivity index (χ1v) is 34.4. The van der Waals surface area contributed by atoms with E-state index < -0.39 is 6.10 Å². The summed E-state index contributed by atoms with van der Waals surface area (Å²) in [6.45, 7) is 6.42. The number of carbonyl (C=O) groups is 3. The zero-order valence-electron chi connectivity index (χ0n) is 53.3. The first-order chi connectivity index (χ1) is 40.0. The summed E-state index contributed by atoms with van der Waals surface area (Å²) >= 11 is 0. The largest absolute Gasteiger partial charge is 0.462 e. The third-order valence-corrected chi connectivity index (χ3v) is 14.7. The van der Waals surface area contributed by atoms with Crippen molar-refractivity contribution < 1.29 is 28.6 Å². The summed E-state index contributed by atoms with van der Waals surface area (Å²) in [5.74, 6) is -0.911. The minimum absolute atomic E-state index is 0.0886. The normalized spacial score (nSPS) is 12.8. The summed E-state index contributed by atoms with van der Waals surface area (Å²) in [5.41, 5.74) is 0. The van der Waals surface area contributed by atoms with Crippen molar-refractivity contribution in [3.05, 3.63) is 109 Å². The number of esters is 3. The second-order valence-corrected chi connectivity index (χ2v) is 22.7. The van der Waals surface area contributed by atoms with E-state index in [-0.39, 0.29) is 31.1 Å². The van der Waals surface area contributed by atoms with E-state index in [1.807, 2.05) is 0 Å². The minimum Gasteiger partial charge on any atom is -0.462 e. The lowest BCUT2D eigenvalue weighted by molar-refractivity contribution is -0.167. The molecule has 1 atom stereocenters. The van der Waals surface area contributed by atoms with Crippen LogP contribution in [0.2, 0.25) is 0 Å². The Morgan fingerprint density at radius 2 is 0.481 bits per heavy atom. The Kier molecular flexibility index (Phi) is 65.2. The Morgan fingerprint density at radius 3 is 0.778 bits per heavy atom. The van der Waals surface area contributed by atoms with Gasteiger partial charge in [-0.15, -0.1) is 0 Å². The third kappa shape index (κ3) is 66.8. The predicted molar refractivity (Wildman–Crippen MR) is 353 cm³/mol. The molecule has 0 heterocycles. The molecule has 0 fully saturated rings. The van der Waals surface area contributed by atoms with Crippen molar-refractivity contribution in [3.8, 4) is 0 Å². The Balaban J connectivity index is 4.30. The van der Waals surface area contributed by atoms with Crippen LogP contribution in [0.15, 0.2) is 109 Å².